The lowest BCUT2D eigenvalue weighted by molar-refractivity contribution is -0.127. The van der Waals surface area contributed by atoms with Crippen LogP contribution in [-0.4, -0.2) is 21.6 Å². The molecule has 5 nitrogen and oxygen atoms in total. The predicted molar refractivity (Wildman–Crippen MR) is 101 cm³/mol. The van der Waals surface area contributed by atoms with Gasteiger partial charge in [0.1, 0.15) is 23.4 Å². The number of rotatable bonds is 6. The Kier molecular flexibility index (Phi) is 5.76. The number of ether oxygens (including phenoxy) is 1. The van der Waals surface area contributed by atoms with E-state index in [4.69, 9.17) is 16.3 Å². The van der Waals surface area contributed by atoms with Crippen LogP contribution in [0.1, 0.15) is 24.4 Å². The van der Waals surface area contributed by atoms with E-state index in [1.54, 1.807) is 60.3 Å². The zero-order chi connectivity index (χ0) is 19.4. The van der Waals surface area contributed by atoms with Crippen molar-refractivity contribution in [1.29, 1.82) is 0 Å². The van der Waals surface area contributed by atoms with Gasteiger partial charge in [0.05, 0.1) is 0 Å². The molecule has 27 heavy (non-hydrogen) atoms. The minimum atomic E-state index is -0.762. The first-order valence-electron chi connectivity index (χ1n) is 8.39. The molecule has 0 aliphatic carbocycles. The number of nitrogens with zero attached hydrogens (tertiary/aromatic N) is 2. The maximum absolute atomic E-state index is 13.7. The molecular weight excluding hydrogens is 369 g/mol. The molecular formula is C20H19ClFN3O2. The summed E-state index contributed by atoms with van der Waals surface area (Å²) in [4.78, 5) is 17.0. The van der Waals surface area contributed by atoms with Crippen molar-refractivity contribution in [3.05, 3.63) is 83.2 Å². The lowest BCUT2D eigenvalue weighted by Crippen LogP contribution is -2.39. The Morgan fingerprint density at radius 3 is 2.63 bits per heavy atom. The van der Waals surface area contributed by atoms with Crippen molar-refractivity contribution in [2.75, 3.05) is 0 Å². The summed E-state index contributed by atoms with van der Waals surface area (Å²) in [5, 5.41) is 3.48. The molecule has 140 valence electrons. The molecule has 1 aromatic heterocycles. The van der Waals surface area contributed by atoms with Crippen molar-refractivity contribution in [2.24, 2.45) is 7.05 Å². The fourth-order valence-corrected chi connectivity index (χ4v) is 2.79. The molecule has 7 heteroatoms. The van der Waals surface area contributed by atoms with E-state index in [-0.39, 0.29) is 11.7 Å². The van der Waals surface area contributed by atoms with E-state index in [1.807, 2.05) is 7.05 Å². The highest BCUT2D eigenvalue weighted by molar-refractivity contribution is 6.30. The van der Waals surface area contributed by atoms with Gasteiger partial charge < -0.3 is 14.6 Å². The van der Waals surface area contributed by atoms with Crippen LogP contribution in [-0.2, 0) is 11.8 Å². The van der Waals surface area contributed by atoms with E-state index in [0.29, 0.717) is 22.2 Å². The van der Waals surface area contributed by atoms with Gasteiger partial charge in [-0.2, -0.15) is 0 Å². The molecule has 2 atom stereocenters. The summed E-state index contributed by atoms with van der Waals surface area (Å²) in [7, 11) is 1.81. The second-order valence-corrected chi connectivity index (χ2v) is 6.54. The molecule has 0 saturated carbocycles. The third-order valence-corrected chi connectivity index (χ3v) is 4.33. The predicted octanol–water partition coefficient (Wildman–Crippen LogP) is 3.89. The first kappa shape index (κ1) is 18.9. The lowest BCUT2D eigenvalue weighted by Gasteiger charge is -2.22. The van der Waals surface area contributed by atoms with Gasteiger partial charge in [0, 0.05) is 24.5 Å². The van der Waals surface area contributed by atoms with Crippen molar-refractivity contribution < 1.29 is 13.9 Å². The Morgan fingerprint density at radius 2 is 2.00 bits per heavy atom. The molecule has 3 rings (SSSR count). The van der Waals surface area contributed by atoms with Gasteiger partial charge in [0.15, 0.2) is 6.10 Å². The van der Waals surface area contributed by atoms with Crippen LogP contribution in [0.4, 0.5) is 4.39 Å². The molecule has 0 fully saturated rings. The number of hydrogen-bond donors (Lipinski definition) is 1. The summed E-state index contributed by atoms with van der Waals surface area (Å²) in [6.07, 6.45) is 2.63. The van der Waals surface area contributed by atoms with E-state index in [0.717, 1.165) is 0 Å². The number of hydrogen-bond acceptors (Lipinski definition) is 3. The average Bonchev–Trinajstić information content (AvgIpc) is 3.07. The fourth-order valence-electron chi connectivity index (χ4n) is 2.67. The van der Waals surface area contributed by atoms with Crippen LogP contribution in [0.5, 0.6) is 5.75 Å². The van der Waals surface area contributed by atoms with Gasteiger partial charge in [-0.25, -0.2) is 9.37 Å². The molecule has 2 aromatic carbocycles. The fraction of sp³-hybridized carbons (Fsp3) is 0.200. The molecule has 0 bridgehead atoms. The van der Waals surface area contributed by atoms with Gasteiger partial charge in [-0.05, 0) is 48.9 Å². The molecule has 0 aliphatic rings. The second-order valence-electron chi connectivity index (χ2n) is 6.11. The summed E-state index contributed by atoms with van der Waals surface area (Å²) in [5.74, 6) is 0.391. The number of amides is 1. The minimum Gasteiger partial charge on any atom is -0.481 e. The Hall–Kier alpha value is -2.86. The van der Waals surface area contributed by atoms with Crippen LogP contribution >= 0.6 is 11.6 Å². The van der Waals surface area contributed by atoms with E-state index in [9.17, 15) is 9.18 Å². The van der Waals surface area contributed by atoms with E-state index in [1.165, 1.54) is 12.1 Å². The van der Waals surface area contributed by atoms with Crippen LogP contribution in [0.15, 0.2) is 60.9 Å². The standard InChI is InChI=1S/C20H19ClFN3O2/c1-13(27-17-8-6-15(21)7-9-17)20(26)24-18(19-23-10-11-25(19)2)14-4-3-5-16(22)12-14/h3-13,18H,1-2H3,(H,24,26)/t13-,18-/m0/s1. The van der Waals surface area contributed by atoms with Crippen LogP contribution < -0.4 is 10.1 Å². The number of nitrogens with one attached hydrogen (secondary N) is 1. The van der Waals surface area contributed by atoms with Crippen molar-refractivity contribution in [3.63, 3.8) is 0 Å². The Morgan fingerprint density at radius 1 is 1.26 bits per heavy atom. The summed E-state index contributed by atoms with van der Waals surface area (Å²) < 4.78 is 21.2. The third-order valence-electron chi connectivity index (χ3n) is 4.08. The van der Waals surface area contributed by atoms with Gasteiger partial charge in [0.2, 0.25) is 0 Å². The van der Waals surface area contributed by atoms with Crippen LogP contribution in [0.2, 0.25) is 5.02 Å². The molecule has 0 radical (unpaired) electrons. The summed E-state index contributed by atoms with van der Waals surface area (Å²) >= 11 is 5.86. The summed E-state index contributed by atoms with van der Waals surface area (Å²) in [6.45, 7) is 1.64. The molecule has 0 saturated heterocycles. The molecule has 1 heterocycles. The highest BCUT2D eigenvalue weighted by atomic mass is 35.5. The van der Waals surface area contributed by atoms with Crippen molar-refractivity contribution in [2.45, 2.75) is 19.1 Å². The summed E-state index contributed by atoms with van der Waals surface area (Å²) in [6, 6.07) is 12.2. The largest absolute Gasteiger partial charge is 0.481 e. The smallest absolute Gasteiger partial charge is 0.261 e. The molecule has 0 spiro atoms. The quantitative estimate of drug-likeness (QED) is 0.698. The van der Waals surface area contributed by atoms with Gasteiger partial charge in [0.25, 0.3) is 5.91 Å². The number of carbonyl (C=O) groups excluding carboxylic acids is 1. The van der Waals surface area contributed by atoms with Gasteiger partial charge in [-0.1, -0.05) is 23.7 Å². The van der Waals surface area contributed by atoms with Crippen molar-refractivity contribution in [1.82, 2.24) is 14.9 Å². The van der Waals surface area contributed by atoms with Crippen molar-refractivity contribution in [3.8, 4) is 5.75 Å². The average molecular weight is 388 g/mol. The zero-order valence-corrected chi connectivity index (χ0v) is 15.7. The zero-order valence-electron chi connectivity index (χ0n) is 14.9. The maximum Gasteiger partial charge on any atom is 0.261 e. The number of benzene rings is 2. The SMILES string of the molecule is C[C@H](Oc1ccc(Cl)cc1)C(=O)N[C@@H](c1cccc(F)c1)c1nccn1C. The lowest BCUT2D eigenvalue weighted by atomic mass is 10.1. The first-order chi connectivity index (χ1) is 12.9. The van der Waals surface area contributed by atoms with Crippen LogP contribution in [0, 0.1) is 5.82 Å². The van der Waals surface area contributed by atoms with E-state index in [2.05, 4.69) is 10.3 Å². The van der Waals surface area contributed by atoms with Crippen LogP contribution in [0.25, 0.3) is 0 Å². The second kappa shape index (κ2) is 8.22. The summed E-state index contributed by atoms with van der Waals surface area (Å²) in [5.41, 5.74) is 0.594. The van der Waals surface area contributed by atoms with E-state index < -0.39 is 12.1 Å². The minimum absolute atomic E-state index is 0.345. The van der Waals surface area contributed by atoms with Gasteiger partial charge in [-0.3, -0.25) is 4.79 Å². The number of aryl methyl sites for hydroxylation is 1. The number of aromatic nitrogens is 2. The Labute approximate surface area is 161 Å². The van der Waals surface area contributed by atoms with Crippen LogP contribution in [0.3, 0.4) is 0 Å². The monoisotopic (exact) mass is 387 g/mol. The number of imidazole rings is 1. The maximum atomic E-state index is 13.7. The molecule has 3 aromatic rings. The molecule has 1 amide bonds. The molecule has 1 N–H and O–H groups in total. The molecule has 0 aliphatic heterocycles. The van der Waals surface area contributed by atoms with Gasteiger partial charge in [-0.15, -0.1) is 0 Å². The van der Waals surface area contributed by atoms with E-state index >= 15 is 0 Å². The number of carbonyl (C=O) groups is 1. The highest BCUT2D eigenvalue weighted by Crippen LogP contribution is 2.22. The highest BCUT2D eigenvalue weighted by Gasteiger charge is 2.24. The first-order valence-corrected chi connectivity index (χ1v) is 8.77. The van der Waals surface area contributed by atoms with Gasteiger partial charge >= 0.3 is 0 Å². The molecule has 0 unspecified atom stereocenters. The topological polar surface area (TPSA) is 56.1 Å². The third kappa shape index (κ3) is 4.65. The Balaban J connectivity index is 1.80. The normalized spacial score (nSPS) is 13.0. The Bertz CT molecular complexity index is 927. The number of halogens is 2. The van der Waals surface area contributed by atoms with Crippen molar-refractivity contribution >= 4 is 17.5 Å².